The Balaban J connectivity index is 1.32. The van der Waals surface area contributed by atoms with Crippen molar-refractivity contribution in [2.75, 3.05) is 19.6 Å². The van der Waals surface area contributed by atoms with Gasteiger partial charge < -0.3 is 10.6 Å². The topological polar surface area (TPSA) is 129 Å². The van der Waals surface area contributed by atoms with Crippen LogP contribution in [-0.4, -0.2) is 63.4 Å². The maximum absolute atomic E-state index is 13.0. The van der Waals surface area contributed by atoms with Crippen molar-refractivity contribution in [3.8, 4) is 0 Å². The SMILES string of the molecule is Cc1ccc([C@@]2(C)NC(=O)N(CC(=O)NCCN3C(=O)S/C(=C/c4cccnc4)C3=O)C2=O)cc1. The Morgan fingerprint density at radius 1 is 1.14 bits per heavy atom. The molecule has 2 saturated heterocycles. The molecular weight excluding hydrogens is 470 g/mol. The number of carbonyl (C=O) groups excluding carboxylic acids is 5. The second-order valence-corrected chi connectivity index (χ2v) is 9.28. The van der Waals surface area contributed by atoms with Crippen molar-refractivity contribution in [3.05, 3.63) is 70.4 Å². The zero-order chi connectivity index (χ0) is 25.2. The first-order valence-corrected chi connectivity index (χ1v) is 11.6. The van der Waals surface area contributed by atoms with E-state index in [0.717, 1.165) is 27.1 Å². The highest BCUT2D eigenvalue weighted by molar-refractivity contribution is 8.18. The Kier molecular flexibility index (Phi) is 6.70. The van der Waals surface area contributed by atoms with Crippen molar-refractivity contribution in [1.82, 2.24) is 25.4 Å². The maximum Gasteiger partial charge on any atom is 0.325 e. The average molecular weight is 494 g/mol. The number of amides is 6. The maximum atomic E-state index is 13.0. The second kappa shape index (κ2) is 9.71. The molecule has 2 N–H and O–H groups in total. The van der Waals surface area contributed by atoms with Crippen LogP contribution in [0.5, 0.6) is 0 Å². The highest BCUT2D eigenvalue weighted by Crippen LogP contribution is 2.32. The van der Waals surface area contributed by atoms with Crippen LogP contribution in [0.1, 0.15) is 23.6 Å². The van der Waals surface area contributed by atoms with Gasteiger partial charge in [0.25, 0.3) is 17.1 Å². The minimum Gasteiger partial charge on any atom is -0.353 e. The Bertz CT molecular complexity index is 1230. The Hall–Kier alpha value is -3.99. The Morgan fingerprint density at radius 2 is 1.89 bits per heavy atom. The number of carbonyl (C=O) groups is 5. The summed E-state index contributed by atoms with van der Waals surface area (Å²) in [5.41, 5.74) is 1.05. The first-order valence-electron chi connectivity index (χ1n) is 10.8. The highest BCUT2D eigenvalue weighted by Gasteiger charge is 2.49. The van der Waals surface area contributed by atoms with E-state index in [9.17, 15) is 24.0 Å². The van der Waals surface area contributed by atoms with Gasteiger partial charge >= 0.3 is 6.03 Å². The Labute approximate surface area is 205 Å². The number of aromatic nitrogens is 1. The minimum absolute atomic E-state index is 0.0179. The van der Waals surface area contributed by atoms with Crippen LogP contribution in [0.15, 0.2) is 53.7 Å². The molecule has 0 saturated carbocycles. The van der Waals surface area contributed by atoms with E-state index in [1.54, 1.807) is 49.7 Å². The average Bonchev–Trinajstić information content (AvgIpc) is 3.22. The molecular formula is C24H23N5O5S. The lowest BCUT2D eigenvalue weighted by molar-refractivity contribution is -0.134. The summed E-state index contributed by atoms with van der Waals surface area (Å²) in [5, 5.41) is 4.77. The molecule has 2 aliphatic heterocycles. The molecule has 3 heterocycles. The number of benzene rings is 1. The fourth-order valence-electron chi connectivity index (χ4n) is 3.74. The summed E-state index contributed by atoms with van der Waals surface area (Å²) in [6.07, 6.45) is 4.76. The molecule has 1 aromatic heterocycles. The predicted octanol–water partition coefficient (Wildman–Crippen LogP) is 2.01. The first kappa shape index (κ1) is 24.1. The monoisotopic (exact) mass is 493 g/mol. The van der Waals surface area contributed by atoms with E-state index >= 15 is 0 Å². The summed E-state index contributed by atoms with van der Waals surface area (Å²) in [5.74, 6) is -1.58. The van der Waals surface area contributed by atoms with Crippen molar-refractivity contribution in [3.63, 3.8) is 0 Å². The van der Waals surface area contributed by atoms with Crippen LogP contribution in [0.2, 0.25) is 0 Å². The zero-order valence-electron chi connectivity index (χ0n) is 19.1. The van der Waals surface area contributed by atoms with E-state index < -0.39 is 41.1 Å². The van der Waals surface area contributed by atoms with Crippen LogP contribution in [0, 0.1) is 6.92 Å². The van der Waals surface area contributed by atoms with Crippen LogP contribution in [-0.2, 0) is 19.9 Å². The largest absolute Gasteiger partial charge is 0.353 e. The molecule has 0 radical (unpaired) electrons. The summed E-state index contributed by atoms with van der Waals surface area (Å²) in [6.45, 7) is 2.97. The summed E-state index contributed by atoms with van der Waals surface area (Å²) in [4.78, 5) is 68.8. The summed E-state index contributed by atoms with van der Waals surface area (Å²) < 4.78 is 0. The van der Waals surface area contributed by atoms with Gasteiger partial charge in [-0.1, -0.05) is 35.9 Å². The van der Waals surface area contributed by atoms with Gasteiger partial charge in [-0.25, -0.2) is 4.79 Å². The fourth-order valence-corrected chi connectivity index (χ4v) is 4.60. The molecule has 2 aromatic rings. The van der Waals surface area contributed by atoms with Gasteiger partial charge in [0.2, 0.25) is 5.91 Å². The summed E-state index contributed by atoms with van der Waals surface area (Å²) >= 11 is 0.813. The van der Waals surface area contributed by atoms with Gasteiger partial charge in [0, 0.05) is 25.5 Å². The third-order valence-electron chi connectivity index (χ3n) is 5.72. The van der Waals surface area contributed by atoms with Crippen LogP contribution < -0.4 is 10.6 Å². The molecule has 0 bridgehead atoms. The fraction of sp³-hybridized carbons (Fsp3) is 0.250. The first-order chi connectivity index (χ1) is 16.7. The van der Waals surface area contributed by atoms with Gasteiger partial charge in [0.1, 0.15) is 12.1 Å². The lowest BCUT2D eigenvalue weighted by Gasteiger charge is -2.22. The number of nitrogens with one attached hydrogen (secondary N) is 2. The molecule has 0 spiro atoms. The van der Waals surface area contributed by atoms with Crippen molar-refractivity contribution in [1.29, 1.82) is 0 Å². The molecule has 0 aliphatic carbocycles. The standard InChI is InChI=1S/C24H23N5O5S/c1-15-5-7-17(8-6-15)24(2)21(32)29(22(33)27-24)14-19(30)26-10-11-28-20(31)18(35-23(28)34)12-16-4-3-9-25-13-16/h3-9,12-13H,10-11,14H2,1-2H3,(H,26,30)(H,27,33)/b18-12+/t24-/m1/s1. The molecule has 180 valence electrons. The number of urea groups is 1. The highest BCUT2D eigenvalue weighted by atomic mass is 32.2. The third kappa shape index (κ3) is 4.94. The number of thioether (sulfide) groups is 1. The molecule has 4 rings (SSSR count). The lowest BCUT2D eigenvalue weighted by atomic mass is 9.91. The van der Waals surface area contributed by atoms with Crippen molar-refractivity contribution in [2.45, 2.75) is 19.4 Å². The normalized spacial score (nSPS) is 21.1. The smallest absolute Gasteiger partial charge is 0.325 e. The third-order valence-corrected chi connectivity index (χ3v) is 6.63. The van der Waals surface area contributed by atoms with E-state index in [-0.39, 0.29) is 18.0 Å². The van der Waals surface area contributed by atoms with Gasteiger partial charge in [0.15, 0.2) is 0 Å². The van der Waals surface area contributed by atoms with Crippen molar-refractivity contribution >= 4 is 46.8 Å². The molecule has 6 amide bonds. The number of hydrogen-bond acceptors (Lipinski definition) is 7. The van der Waals surface area contributed by atoms with Gasteiger partial charge in [0.05, 0.1) is 4.91 Å². The minimum atomic E-state index is -1.27. The molecule has 2 aliphatic rings. The molecule has 0 unspecified atom stereocenters. The number of pyridine rings is 1. The molecule has 2 fully saturated rings. The number of imide groups is 2. The molecule has 1 aromatic carbocycles. The predicted molar refractivity (Wildman–Crippen MR) is 129 cm³/mol. The molecule has 11 heteroatoms. The van der Waals surface area contributed by atoms with E-state index in [4.69, 9.17) is 0 Å². The molecule has 10 nitrogen and oxygen atoms in total. The van der Waals surface area contributed by atoms with Crippen LogP contribution in [0.25, 0.3) is 6.08 Å². The Morgan fingerprint density at radius 3 is 2.57 bits per heavy atom. The number of hydrogen-bond donors (Lipinski definition) is 2. The lowest BCUT2D eigenvalue weighted by Crippen LogP contribution is -2.44. The van der Waals surface area contributed by atoms with E-state index in [0.29, 0.717) is 11.1 Å². The number of rotatable bonds is 7. The quantitative estimate of drug-likeness (QED) is 0.446. The van der Waals surface area contributed by atoms with Crippen LogP contribution in [0.3, 0.4) is 0 Å². The number of nitrogens with zero attached hydrogens (tertiary/aromatic N) is 3. The van der Waals surface area contributed by atoms with E-state index in [1.807, 2.05) is 19.1 Å². The van der Waals surface area contributed by atoms with Crippen LogP contribution >= 0.6 is 11.8 Å². The van der Waals surface area contributed by atoms with Gasteiger partial charge in [-0.3, -0.25) is 34.0 Å². The van der Waals surface area contributed by atoms with Crippen molar-refractivity contribution in [2.24, 2.45) is 0 Å². The zero-order valence-corrected chi connectivity index (χ0v) is 19.9. The van der Waals surface area contributed by atoms with Gasteiger partial charge in [-0.15, -0.1) is 0 Å². The van der Waals surface area contributed by atoms with Crippen LogP contribution in [0.4, 0.5) is 9.59 Å². The second-order valence-electron chi connectivity index (χ2n) is 8.28. The number of aryl methyl sites for hydroxylation is 1. The molecule has 1 atom stereocenters. The van der Waals surface area contributed by atoms with E-state index in [1.165, 1.54) is 0 Å². The summed E-state index contributed by atoms with van der Waals surface area (Å²) in [6, 6.07) is 10.0. The van der Waals surface area contributed by atoms with Crippen molar-refractivity contribution < 1.29 is 24.0 Å². The molecule has 35 heavy (non-hydrogen) atoms. The van der Waals surface area contributed by atoms with Gasteiger partial charge in [-0.05, 0) is 48.9 Å². The summed E-state index contributed by atoms with van der Waals surface area (Å²) in [7, 11) is 0. The van der Waals surface area contributed by atoms with E-state index in [2.05, 4.69) is 15.6 Å². The van der Waals surface area contributed by atoms with Gasteiger partial charge in [-0.2, -0.15) is 0 Å².